The second kappa shape index (κ2) is 4.67. The minimum Gasteiger partial charge on any atom is -0.485 e. The summed E-state index contributed by atoms with van der Waals surface area (Å²) in [5.74, 6) is 0.342. The lowest BCUT2D eigenvalue weighted by atomic mass is 9.94. The molecule has 0 saturated heterocycles. The third kappa shape index (κ3) is 2.22. The molecule has 0 bridgehead atoms. The van der Waals surface area contributed by atoms with Crippen LogP contribution in [0.1, 0.15) is 35.3 Å². The van der Waals surface area contributed by atoms with Gasteiger partial charge >= 0.3 is 0 Å². The van der Waals surface area contributed by atoms with E-state index in [4.69, 9.17) is 4.74 Å². The van der Waals surface area contributed by atoms with Gasteiger partial charge in [-0.05, 0) is 25.1 Å². The molecule has 0 spiro atoms. The van der Waals surface area contributed by atoms with Gasteiger partial charge in [-0.25, -0.2) is 4.39 Å². The fraction of sp³-hybridized carbons (Fsp3) is 0.250. The first-order chi connectivity index (χ1) is 9.15. The van der Waals surface area contributed by atoms with Crippen molar-refractivity contribution in [2.75, 3.05) is 0 Å². The number of rotatable bonds is 1. The molecule has 0 radical (unpaired) electrons. The molecule has 1 aliphatic rings. The number of benzene rings is 2. The van der Waals surface area contributed by atoms with Gasteiger partial charge in [0.2, 0.25) is 0 Å². The Kier molecular flexibility index (Phi) is 2.99. The zero-order chi connectivity index (χ0) is 13.4. The fourth-order valence-electron chi connectivity index (χ4n) is 2.49. The average Bonchev–Trinajstić information content (AvgIpc) is 2.41. The van der Waals surface area contributed by atoms with Gasteiger partial charge in [-0.15, -0.1) is 0 Å². The highest BCUT2D eigenvalue weighted by Crippen LogP contribution is 2.41. The van der Waals surface area contributed by atoms with Crippen LogP contribution in [-0.2, 0) is 0 Å². The molecule has 98 valence electrons. The molecule has 0 fully saturated rings. The van der Waals surface area contributed by atoms with E-state index < -0.39 is 12.2 Å². The van der Waals surface area contributed by atoms with Crippen molar-refractivity contribution in [1.29, 1.82) is 0 Å². The Morgan fingerprint density at radius 3 is 2.79 bits per heavy atom. The highest BCUT2D eigenvalue weighted by Gasteiger charge is 2.29. The van der Waals surface area contributed by atoms with Crippen LogP contribution in [0.25, 0.3) is 0 Å². The third-order valence-corrected chi connectivity index (χ3v) is 3.48. The molecular weight excluding hydrogens is 243 g/mol. The predicted molar refractivity (Wildman–Crippen MR) is 70.5 cm³/mol. The number of hydrogen-bond donors (Lipinski definition) is 1. The summed E-state index contributed by atoms with van der Waals surface area (Å²) in [4.78, 5) is 0. The summed E-state index contributed by atoms with van der Waals surface area (Å²) >= 11 is 0. The van der Waals surface area contributed by atoms with Gasteiger partial charge in [-0.1, -0.05) is 29.8 Å². The van der Waals surface area contributed by atoms with Crippen molar-refractivity contribution in [3.8, 4) is 5.75 Å². The lowest BCUT2D eigenvalue weighted by molar-refractivity contribution is 0.0640. The Morgan fingerprint density at radius 1 is 1.16 bits per heavy atom. The van der Waals surface area contributed by atoms with E-state index >= 15 is 0 Å². The summed E-state index contributed by atoms with van der Waals surface area (Å²) in [6.45, 7) is 1.91. The van der Waals surface area contributed by atoms with Crippen molar-refractivity contribution in [1.82, 2.24) is 0 Å². The van der Waals surface area contributed by atoms with Crippen molar-refractivity contribution in [3.05, 3.63) is 65.0 Å². The molecule has 3 heteroatoms. The van der Waals surface area contributed by atoms with Crippen LogP contribution in [0, 0.1) is 12.7 Å². The van der Waals surface area contributed by atoms with Gasteiger partial charge in [-0.2, -0.15) is 0 Å². The Hall–Kier alpha value is -1.87. The molecule has 0 aliphatic carbocycles. The van der Waals surface area contributed by atoms with Crippen LogP contribution in [-0.4, -0.2) is 5.11 Å². The monoisotopic (exact) mass is 258 g/mol. The molecule has 19 heavy (non-hydrogen) atoms. The van der Waals surface area contributed by atoms with E-state index in [2.05, 4.69) is 0 Å². The molecule has 2 aromatic rings. The number of ether oxygens (including phenoxy) is 1. The van der Waals surface area contributed by atoms with Crippen LogP contribution in [0.4, 0.5) is 4.39 Å². The van der Waals surface area contributed by atoms with Gasteiger partial charge in [0.25, 0.3) is 0 Å². The largest absolute Gasteiger partial charge is 0.485 e. The minimum absolute atomic E-state index is 0.290. The van der Waals surface area contributed by atoms with E-state index in [1.54, 1.807) is 18.2 Å². The number of hydrogen-bond acceptors (Lipinski definition) is 2. The first-order valence-corrected chi connectivity index (χ1v) is 6.35. The summed E-state index contributed by atoms with van der Waals surface area (Å²) in [5, 5.41) is 10.2. The first-order valence-electron chi connectivity index (χ1n) is 6.35. The van der Waals surface area contributed by atoms with Gasteiger partial charge < -0.3 is 9.84 Å². The van der Waals surface area contributed by atoms with Crippen LogP contribution in [0.15, 0.2) is 42.5 Å². The van der Waals surface area contributed by atoms with Gasteiger partial charge in [-0.3, -0.25) is 0 Å². The van der Waals surface area contributed by atoms with Gasteiger partial charge in [0.1, 0.15) is 17.7 Å². The third-order valence-electron chi connectivity index (χ3n) is 3.48. The zero-order valence-corrected chi connectivity index (χ0v) is 10.6. The second-order valence-electron chi connectivity index (χ2n) is 4.92. The number of aryl methyl sites for hydroxylation is 1. The Bertz CT molecular complexity index is 609. The Balaban J connectivity index is 1.99. The molecule has 1 heterocycles. The maximum absolute atomic E-state index is 13.9. The lowest BCUT2D eigenvalue weighted by Gasteiger charge is -2.30. The van der Waals surface area contributed by atoms with Crippen LogP contribution in [0.3, 0.4) is 0 Å². The minimum atomic E-state index is -0.616. The molecule has 0 aromatic heterocycles. The number of halogens is 1. The van der Waals surface area contributed by atoms with Crippen LogP contribution >= 0.6 is 0 Å². The van der Waals surface area contributed by atoms with Gasteiger partial charge in [0.15, 0.2) is 0 Å². The predicted octanol–water partition coefficient (Wildman–Crippen LogP) is 3.69. The first kappa shape index (κ1) is 12.2. The van der Waals surface area contributed by atoms with E-state index in [9.17, 15) is 9.50 Å². The summed E-state index contributed by atoms with van der Waals surface area (Å²) in [6, 6.07) is 12.3. The molecule has 0 amide bonds. The number of fused-ring (bicyclic) bond motifs is 1. The van der Waals surface area contributed by atoms with Crippen molar-refractivity contribution in [3.63, 3.8) is 0 Å². The smallest absolute Gasteiger partial charge is 0.130 e. The van der Waals surface area contributed by atoms with Crippen molar-refractivity contribution >= 4 is 0 Å². The van der Waals surface area contributed by atoms with E-state index in [0.29, 0.717) is 17.7 Å². The molecule has 1 aliphatic heterocycles. The van der Waals surface area contributed by atoms with E-state index in [1.165, 1.54) is 6.07 Å². The number of para-hydroxylation sites is 1. The summed E-state index contributed by atoms with van der Waals surface area (Å²) in [7, 11) is 0. The maximum atomic E-state index is 13.9. The highest BCUT2D eigenvalue weighted by molar-refractivity contribution is 5.39. The Labute approximate surface area is 111 Å². The summed E-state index contributed by atoms with van der Waals surface area (Å²) in [6.07, 6.45) is -0.683. The lowest BCUT2D eigenvalue weighted by Crippen LogP contribution is -2.20. The second-order valence-corrected chi connectivity index (χ2v) is 4.92. The van der Waals surface area contributed by atoms with Crippen LogP contribution in [0.2, 0.25) is 0 Å². The van der Waals surface area contributed by atoms with Crippen molar-refractivity contribution < 1.29 is 14.2 Å². The van der Waals surface area contributed by atoms with E-state index in [-0.39, 0.29) is 5.82 Å². The average molecular weight is 258 g/mol. The molecule has 2 aromatic carbocycles. The normalized spacial score (nSPS) is 21.6. The van der Waals surface area contributed by atoms with Gasteiger partial charge in [0.05, 0.1) is 6.10 Å². The molecule has 0 saturated carbocycles. The zero-order valence-electron chi connectivity index (χ0n) is 10.6. The highest BCUT2D eigenvalue weighted by atomic mass is 19.1. The van der Waals surface area contributed by atoms with Crippen molar-refractivity contribution in [2.45, 2.75) is 25.6 Å². The molecular formula is C16H15FO2. The SMILES string of the molecule is Cc1ccc(F)c(C2C[C@@H](O)c3ccccc3O2)c1. The molecule has 1 unspecified atom stereocenters. The quantitative estimate of drug-likeness (QED) is 0.845. The van der Waals surface area contributed by atoms with Crippen LogP contribution in [0.5, 0.6) is 5.75 Å². The molecule has 2 atom stereocenters. The fourth-order valence-corrected chi connectivity index (χ4v) is 2.49. The molecule has 3 rings (SSSR count). The summed E-state index contributed by atoms with van der Waals surface area (Å²) < 4.78 is 19.7. The number of aliphatic hydroxyl groups is 1. The molecule has 1 N–H and O–H groups in total. The van der Waals surface area contributed by atoms with Crippen molar-refractivity contribution in [2.24, 2.45) is 0 Å². The summed E-state index contributed by atoms with van der Waals surface area (Å²) in [5.41, 5.74) is 2.26. The molecule has 2 nitrogen and oxygen atoms in total. The number of aliphatic hydroxyl groups excluding tert-OH is 1. The Morgan fingerprint density at radius 2 is 1.95 bits per heavy atom. The maximum Gasteiger partial charge on any atom is 0.130 e. The van der Waals surface area contributed by atoms with E-state index in [0.717, 1.165) is 11.1 Å². The van der Waals surface area contributed by atoms with Crippen LogP contribution < -0.4 is 4.74 Å². The van der Waals surface area contributed by atoms with Gasteiger partial charge in [0, 0.05) is 17.5 Å². The standard InChI is InChI=1S/C16H15FO2/c1-10-6-7-13(17)12(8-10)16-9-14(18)11-4-2-3-5-15(11)19-16/h2-8,14,16,18H,9H2,1H3/t14-,16?/m1/s1. The van der Waals surface area contributed by atoms with E-state index in [1.807, 2.05) is 25.1 Å². The topological polar surface area (TPSA) is 29.5 Å².